The van der Waals surface area contributed by atoms with Crippen LogP contribution >= 0.6 is 23.2 Å². The van der Waals surface area contributed by atoms with Crippen LogP contribution in [0.2, 0.25) is 10.0 Å². The highest BCUT2D eigenvalue weighted by Crippen LogP contribution is 2.20. The van der Waals surface area contributed by atoms with Gasteiger partial charge in [-0.3, -0.25) is 9.36 Å². The number of benzene rings is 1. The third kappa shape index (κ3) is 4.85. The lowest BCUT2D eigenvalue weighted by Crippen LogP contribution is -2.26. The number of nitrogens with zero attached hydrogens (tertiary/aromatic N) is 4. The highest BCUT2D eigenvalue weighted by atomic mass is 35.5. The van der Waals surface area contributed by atoms with Gasteiger partial charge in [0.1, 0.15) is 28.8 Å². The lowest BCUT2D eigenvalue weighted by molar-refractivity contribution is 0.593. The second kappa shape index (κ2) is 9.50. The second-order valence-electron chi connectivity index (χ2n) is 5.57. The zero-order chi connectivity index (χ0) is 20.0. The van der Waals surface area contributed by atoms with E-state index in [4.69, 9.17) is 40.4 Å². The van der Waals surface area contributed by atoms with Crippen LogP contribution in [-0.4, -0.2) is 26.1 Å². The Hall–Kier alpha value is -2.42. The van der Waals surface area contributed by atoms with Crippen LogP contribution in [0.3, 0.4) is 0 Å². The predicted molar refractivity (Wildman–Crippen MR) is 110 cm³/mol. The molecular weight excluding hydrogens is 389 g/mol. The van der Waals surface area contributed by atoms with E-state index in [1.165, 1.54) is 6.33 Å². The van der Waals surface area contributed by atoms with E-state index < -0.39 is 0 Å². The summed E-state index contributed by atoms with van der Waals surface area (Å²) in [5.74, 6) is 1.21. The van der Waals surface area contributed by atoms with Crippen molar-refractivity contribution in [3.63, 3.8) is 0 Å². The van der Waals surface area contributed by atoms with Crippen molar-refractivity contribution in [2.45, 2.75) is 26.3 Å². The number of hydrogen-bond acceptors (Lipinski definition) is 7. The molecule has 3 rings (SSSR count). The maximum Gasteiger partial charge on any atom is 0.262 e. The van der Waals surface area contributed by atoms with Crippen molar-refractivity contribution in [2.75, 3.05) is 18.0 Å². The molecule has 8 nitrogen and oxygen atoms in total. The van der Waals surface area contributed by atoms with Gasteiger partial charge in [-0.05, 0) is 25.1 Å². The lowest BCUT2D eigenvalue weighted by atomic mass is 10.2. The fraction of sp³-hybridized carbons (Fsp3) is 0.294. The number of fused-ring (bicyclic) bond motifs is 1. The van der Waals surface area contributed by atoms with Gasteiger partial charge in [-0.1, -0.05) is 36.2 Å². The van der Waals surface area contributed by atoms with E-state index in [-0.39, 0.29) is 22.2 Å². The fourth-order valence-corrected chi connectivity index (χ4v) is 2.76. The van der Waals surface area contributed by atoms with E-state index in [0.29, 0.717) is 35.4 Å². The summed E-state index contributed by atoms with van der Waals surface area (Å²) in [6.07, 6.45) is 2.73. The molecule has 0 aliphatic rings. The summed E-state index contributed by atoms with van der Waals surface area (Å²) in [5, 5.41) is 1.17. The van der Waals surface area contributed by atoms with Gasteiger partial charge in [-0.25, -0.2) is 15.0 Å². The molecule has 0 amide bonds. The average molecular weight is 410 g/mol. The van der Waals surface area contributed by atoms with Crippen molar-refractivity contribution >= 4 is 45.7 Å². The monoisotopic (exact) mass is 409 g/mol. The molecular formula is C17H21Cl2N7O. The number of halogens is 2. The molecule has 10 heteroatoms. The van der Waals surface area contributed by atoms with E-state index in [1.54, 1.807) is 16.7 Å². The second-order valence-corrected chi connectivity index (χ2v) is 6.36. The number of aromatic nitrogens is 4. The molecule has 27 heavy (non-hydrogen) atoms. The molecule has 6 N–H and O–H groups in total. The van der Waals surface area contributed by atoms with Crippen LogP contribution in [0.15, 0.2) is 29.3 Å². The minimum Gasteiger partial charge on any atom is -0.382 e. The Balaban J connectivity index is 0.000000244. The fourth-order valence-electron chi connectivity index (χ4n) is 2.42. The minimum atomic E-state index is -0.0732. The molecule has 0 unspecified atom stereocenters. The molecule has 0 atom stereocenters. The van der Waals surface area contributed by atoms with Crippen LogP contribution in [0.25, 0.3) is 10.9 Å². The van der Waals surface area contributed by atoms with Gasteiger partial charge in [-0.2, -0.15) is 0 Å². The standard InChI is InChI=1S/C13H16ClN3O.C4H5ClN4/c1-2-11-16-10-6-3-5-9(14)12(10)13(18)17(11)8-4-7-15;5-2-3(6)8-1-9-4(2)7/h3,5-6H,2,4,7-8,15H2,1H3;1H,(H4,6,7,8,9). The largest absolute Gasteiger partial charge is 0.382 e. The van der Waals surface area contributed by atoms with Crippen LogP contribution in [0.4, 0.5) is 11.6 Å². The Morgan fingerprint density at radius 1 is 1.15 bits per heavy atom. The number of rotatable bonds is 4. The molecule has 144 valence electrons. The zero-order valence-electron chi connectivity index (χ0n) is 14.8. The molecule has 1 aromatic carbocycles. The lowest BCUT2D eigenvalue weighted by Gasteiger charge is -2.12. The summed E-state index contributed by atoms with van der Waals surface area (Å²) in [7, 11) is 0. The van der Waals surface area contributed by atoms with Crippen molar-refractivity contribution in [3.05, 3.63) is 50.7 Å². The average Bonchev–Trinajstić information content (AvgIpc) is 2.65. The smallest absolute Gasteiger partial charge is 0.262 e. The Kier molecular flexibility index (Phi) is 7.35. The molecule has 0 saturated carbocycles. The van der Waals surface area contributed by atoms with Crippen molar-refractivity contribution in [3.8, 4) is 0 Å². The van der Waals surface area contributed by atoms with Crippen LogP contribution in [0, 0.1) is 0 Å². The summed E-state index contributed by atoms with van der Waals surface area (Å²) >= 11 is 11.6. The Labute approximate surface area is 166 Å². The Bertz CT molecular complexity index is 971. The van der Waals surface area contributed by atoms with Gasteiger partial charge in [-0.15, -0.1) is 0 Å². The summed E-state index contributed by atoms with van der Waals surface area (Å²) < 4.78 is 1.68. The Morgan fingerprint density at radius 3 is 2.37 bits per heavy atom. The molecule has 0 radical (unpaired) electrons. The molecule has 0 fully saturated rings. The summed E-state index contributed by atoms with van der Waals surface area (Å²) in [5.41, 5.74) is 16.6. The van der Waals surface area contributed by atoms with Gasteiger partial charge < -0.3 is 17.2 Å². The van der Waals surface area contributed by atoms with Gasteiger partial charge in [0.25, 0.3) is 5.56 Å². The highest BCUT2D eigenvalue weighted by molar-refractivity contribution is 6.35. The topological polar surface area (TPSA) is 139 Å². The first-order chi connectivity index (χ1) is 12.9. The Morgan fingerprint density at radius 2 is 1.81 bits per heavy atom. The van der Waals surface area contributed by atoms with E-state index >= 15 is 0 Å². The summed E-state index contributed by atoms with van der Waals surface area (Å²) in [6.45, 7) is 3.12. The van der Waals surface area contributed by atoms with Crippen molar-refractivity contribution in [1.82, 2.24) is 19.5 Å². The molecule has 0 aliphatic carbocycles. The molecule has 0 bridgehead atoms. The van der Waals surface area contributed by atoms with Crippen LogP contribution in [-0.2, 0) is 13.0 Å². The van der Waals surface area contributed by atoms with Crippen LogP contribution in [0.5, 0.6) is 0 Å². The van der Waals surface area contributed by atoms with Gasteiger partial charge in [0.05, 0.1) is 15.9 Å². The van der Waals surface area contributed by atoms with E-state index in [0.717, 1.165) is 12.2 Å². The number of nitrogen functional groups attached to an aromatic ring is 2. The summed E-state index contributed by atoms with van der Waals surface area (Å²) in [6, 6.07) is 5.33. The van der Waals surface area contributed by atoms with E-state index in [1.807, 2.05) is 13.0 Å². The van der Waals surface area contributed by atoms with Crippen molar-refractivity contribution < 1.29 is 0 Å². The summed E-state index contributed by atoms with van der Waals surface area (Å²) in [4.78, 5) is 24.1. The molecule has 0 aliphatic heterocycles. The third-order valence-electron chi connectivity index (χ3n) is 3.76. The zero-order valence-corrected chi connectivity index (χ0v) is 16.3. The third-order valence-corrected chi connectivity index (χ3v) is 4.46. The molecule has 2 aromatic heterocycles. The van der Waals surface area contributed by atoms with Crippen LogP contribution in [0.1, 0.15) is 19.2 Å². The van der Waals surface area contributed by atoms with Crippen molar-refractivity contribution in [1.29, 1.82) is 0 Å². The molecule has 0 saturated heterocycles. The SMILES string of the molecule is CCc1nc2cccc(Cl)c2c(=O)n1CCCN.Nc1ncnc(N)c1Cl. The van der Waals surface area contributed by atoms with Gasteiger partial charge >= 0.3 is 0 Å². The molecule has 0 spiro atoms. The van der Waals surface area contributed by atoms with Gasteiger partial charge in [0.15, 0.2) is 0 Å². The molecule has 2 heterocycles. The van der Waals surface area contributed by atoms with Gasteiger partial charge in [0.2, 0.25) is 0 Å². The first-order valence-corrected chi connectivity index (χ1v) is 9.05. The number of nitrogens with two attached hydrogens (primary N) is 3. The minimum absolute atomic E-state index is 0.0732. The number of anilines is 2. The van der Waals surface area contributed by atoms with E-state index in [2.05, 4.69) is 15.0 Å². The maximum atomic E-state index is 12.4. The first kappa shape index (κ1) is 20.9. The quantitative estimate of drug-likeness (QED) is 0.600. The van der Waals surface area contributed by atoms with Crippen LogP contribution < -0.4 is 22.8 Å². The first-order valence-electron chi connectivity index (χ1n) is 8.30. The van der Waals surface area contributed by atoms with E-state index in [9.17, 15) is 4.79 Å². The predicted octanol–water partition coefficient (Wildman–Crippen LogP) is 2.26. The van der Waals surface area contributed by atoms with Gasteiger partial charge in [0, 0.05) is 13.0 Å². The number of aryl methyl sites for hydroxylation is 1. The van der Waals surface area contributed by atoms with Crippen molar-refractivity contribution in [2.24, 2.45) is 5.73 Å². The molecule has 3 aromatic rings. The maximum absolute atomic E-state index is 12.4. The number of hydrogen-bond donors (Lipinski definition) is 3. The normalized spacial score (nSPS) is 10.5. The highest BCUT2D eigenvalue weighted by Gasteiger charge is 2.11.